The molecule has 0 spiro atoms. The van der Waals surface area contributed by atoms with Crippen molar-refractivity contribution in [1.82, 2.24) is 5.32 Å². The molecule has 0 aliphatic rings. The molecule has 0 fully saturated rings. The lowest BCUT2D eigenvalue weighted by Crippen LogP contribution is -2.46. The van der Waals surface area contributed by atoms with Gasteiger partial charge in [0, 0.05) is 6.54 Å². The second kappa shape index (κ2) is 38.5. The van der Waals surface area contributed by atoms with Gasteiger partial charge in [0.1, 0.15) is 0 Å². The molecule has 4 unspecified atom stereocenters. The van der Waals surface area contributed by atoms with Gasteiger partial charge in [-0.15, -0.1) is 0 Å². The van der Waals surface area contributed by atoms with Crippen molar-refractivity contribution in [2.45, 2.75) is 231 Å². The quantitative estimate of drug-likeness (QED) is 0.0235. The van der Waals surface area contributed by atoms with Crippen LogP contribution in [-0.4, -0.2) is 59.0 Å². The predicted molar refractivity (Wildman–Crippen MR) is 218 cm³/mol. The first-order chi connectivity index (χ1) is 25.3. The zero-order chi connectivity index (χ0) is 38.4. The summed E-state index contributed by atoms with van der Waals surface area (Å²) in [6.45, 7) is 3.95. The zero-order valence-corrected chi connectivity index (χ0v) is 34.8. The van der Waals surface area contributed by atoms with Crippen LogP contribution in [0.1, 0.15) is 213 Å². The van der Waals surface area contributed by atoms with Crippen LogP contribution >= 0.6 is 7.82 Å². The predicted octanol–water partition coefficient (Wildman–Crippen LogP) is 11.0. The summed E-state index contributed by atoms with van der Waals surface area (Å²) in [6.07, 6.45) is 38.9. The smallest absolute Gasteiger partial charge is 0.393 e. The van der Waals surface area contributed by atoms with Crippen LogP contribution in [0.15, 0.2) is 12.2 Å². The molecule has 0 aliphatic heterocycles. The van der Waals surface area contributed by atoms with E-state index in [0.717, 1.165) is 38.5 Å². The number of aliphatic hydroxyl groups is 2. The van der Waals surface area contributed by atoms with Crippen molar-refractivity contribution in [1.29, 1.82) is 0 Å². The van der Waals surface area contributed by atoms with Crippen molar-refractivity contribution in [2.75, 3.05) is 19.8 Å². The van der Waals surface area contributed by atoms with E-state index in [-0.39, 0.29) is 19.6 Å². The Balaban J connectivity index is 4.10. The van der Waals surface area contributed by atoms with Crippen LogP contribution in [-0.2, 0) is 18.4 Å². The SMILES string of the molecule is CCCCCCCCC/C=C/C(O)C(COP(=O)(O)OCCN)NC(=O)CC(O)CCCCCCCCCCCCCCCCCCCCCCC. The Morgan fingerprint density at radius 3 is 1.48 bits per heavy atom. The highest BCUT2D eigenvalue weighted by Gasteiger charge is 2.27. The summed E-state index contributed by atoms with van der Waals surface area (Å²) < 4.78 is 22.0. The fourth-order valence-corrected chi connectivity index (χ4v) is 7.35. The lowest BCUT2D eigenvalue weighted by atomic mass is 10.0. The number of nitrogens with two attached hydrogens (primary N) is 1. The molecule has 0 saturated carbocycles. The Morgan fingerprint density at radius 1 is 0.654 bits per heavy atom. The maximum absolute atomic E-state index is 12.8. The van der Waals surface area contributed by atoms with Gasteiger partial charge < -0.3 is 26.2 Å². The second-order valence-electron chi connectivity index (χ2n) is 15.1. The van der Waals surface area contributed by atoms with E-state index < -0.39 is 38.6 Å². The highest BCUT2D eigenvalue weighted by atomic mass is 31.2. The number of nitrogens with one attached hydrogen (secondary N) is 1. The third-order valence-corrected chi connectivity index (χ3v) is 10.9. The summed E-state index contributed by atoms with van der Waals surface area (Å²) in [5.74, 6) is -0.445. The van der Waals surface area contributed by atoms with Crippen LogP contribution in [0.25, 0.3) is 0 Å². The van der Waals surface area contributed by atoms with Crippen LogP contribution in [0, 0.1) is 0 Å². The molecule has 9 nitrogen and oxygen atoms in total. The molecule has 1 amide bonds. The highest BCUT2D eigenvalue weighted by molar-refractivity contribution is 7.47. The van der Waals surface area contributed by atoms with Gasteiger partial charge in [0.25, 0.3) is 0 Å². The number of rotatable bonds is 41. The summed E-state index contributed by atoms with van der Waals surface area (Å²) >= 11 is 0. The number of hydrogen-bond donors (Lipinski definition) is 5. The van der Waals surface area contributed by atoms with Gasteiger partial charge in [0.2, 0.25) is 5.91 Å². The van der Waals surface area contributed by atoms with Crippen LogP contribution in [0.5, 0.6) is 0 Å². The largest absolute Gasteiger partial charge is 0.472 e. The first kappa shape index (κ1) is 51.2. The number of amides is 1. The number of hydrogen-bond acceptors (Lipinski definition) is 7. The van der Waals surface area contributed by atoms with Crippen LogP contribution < -0.4 is 11.1 Å². The number of unbranched alkanes of at least 4 members (excludes halogenated alkanes) is 27. The van der Waals surface area contributed by atoms with Gasteiger partial charge in [-0.25, -0.2) is 4.57 Å². The maximum Gasteiger partial charge on any atom is 0.472 e. The summed E-state index contributed by atoms with van der Waals surface area (Å²) in [5.41, 5.74) is 5.35. The molecule has 0 saturated heterocycles. The van der Waals surface area contributed by atoms with Crippen molar-refractivity contribution in [2.24, 2.45) is 5.73 Å². The zero-order valence-electron chi connectivity index (χ0n) is 33.9. The van der Waals surface area contributed by atoms with Gasteiger partial charge in [-0.2, -0.15) is 0 Å². The molecule has 6 N–H and O–H groups in total. The Bertz CT molecular complexity index is 847. The first-order valence-corrected chi connectivity index (χ1v) is 23.4. The third-order valence-electron chi connectivity index (χ3n) is 9.92. The van der Waals surface area contributed by atoms with Gasteiger partial charge >= 0.3 is 7.82 Å². The standard InChI is InChI=1S/C42H85N2O7P/c1-3-5-7-9-11-13-14-15-16-17-18-19-20-21-22-23-24-26-27-29-31-33-39(45)37-42(47)44-40(38-51-52(48,49)50-36-35-43)41(46)34-32-30-28-25-12-10-8-6-4-2/h32,34,39-41,45-46H,3-31,33,35-38,43H2,1-2H3,(H,44,47)(H,48,49)/b34-32+. The van der Waals surface area contributed by atoms with Crippen molar-refractivity contribution < 1.29 is 33.5 Å². The number of aliphatic hydroxyl groups excluding tert-OH is 2. The lowest BCUT2D eigenvalue weighted by Gasteiger charge is -2.24. The van der Waals surface area contributed by atoms with Gasteiger partial charge in [0.05, 0.1) is 37.9 Å². The van der Waals surface area contributed by atoms with Crippen molar-refractivity contribution in [3.63, 3.8) is 0 Å². The molecule has 0 bridgehead atoms. The van der Waals surface area contributed by atoms with Gasteiger partial charge in [-0.1, -0.05) is 199 Å². The molecular formula is C42H85N2O7P. The number of phosphoric acid groups is 1. The number of carbonyl (C=O) groups is 1. The van der Waals surface area contributed by atoms with Crippen molar-refractivity contribution in [3.8, 4) is 0 Å². The Morgan fingerprint density at radius 2 is 1.06 bits per heavy atom. The minimum atomic E-state index is -4.39. The molecule has 310 valence electrons. The van der Waals surface area contributed by atoms with E-state index >= 15 is 0 Å². The number of phosphoric ester groups is 1. The molecule has 0 aromatic carbocycles. The third kappa shape index (κ3) is 36.2. The average Bonchev–Trinajstić information content (AvgIpc) is 3.12. The van der Waals surface area contributed by atoms with Gasteiger partial charge in [-0.05, 0) is 19.3 Å². The van der Waals surface area contributed by atoms with E-state index in [4.69, 9.17) is 14.8 Å². The second-order valence-corrected chi connectivity index (χ2v) is 16.6. The molecule has 0 aliphatic carbocycles. The molecule has 0 aromatic heterocycles. The number of carbonyl (C=O) groups excluding carboxylic acids is 1. The number of allylic oxidation sites excluding steroid dienone is 1. The molecule has 0 rings (SSSR count). The van der Waals surface area contributed by atoms with Crippen LogP contribution in [0.3, 0.4) is 0 Å². The Hall–Kier alpha value is -0.800. The van der Waals surface area contributed by atoms with Crippen molar-refractivity contribution in [3.05, 3.63) is 12.2 Å². The average molecular weight is 761 g/mol. The van der Waals surface area contributed by atoms with E-state index in [1.165, 1.54) is 148 Å². The van der Waals surface area contributed by atoms with Crippen LogP contribution in [0.4, 0.5) is 0 Å². The summed E-state index contributed by atoms with van der Waals surface area (Å²) in [7, 11) is -4.39. The highest BCUT2D eigenvalue weighted by Crippen LogP contribution is 2.43. The Kier molecular flexibility index (Phi) is 37.9. The van der Waals surface area contributed by atoms with E-state index in [2.05, 4.69) is 19.2 Å². The normalized spacial score (nSPS) is 14.8. The van der Waals surface area contributed by atoms with E-state index in [9.17, 15) is 24.5 Å². The lowest BCUT2D eigenvalue weighted by molar-refractivity contribution is -0.124. The van der Waals surface area contributed by atoms with E-state index in [1.807, 2.05) is 6.08 Å². The van der Waals surface area contributed by atoms with Gasteiger partial charge in [0.15, 0.2) is 0 Å². The van der Waals surface area contributed by atoms with Crippen molar-refractivity contribution >= 4 is 13.7 Å². The molecule has 10 heteroatoms. The fourth-order valence-electron chi connectivity index (χ4n) is 6.59. The summed E-state index contributed by atoms with van der Waals surface area (Å²) in [6, 6.07) is -0.975. The monoisotopic (exact) mass is 761 g/mol. The molecule has 4 atom stereocenters. The van der Waals surface area contributed by atoms with Crippen LogP contribution in [0.2, 0.25) is 0 Å². The Labute approximate surface area is 320 Å². The van der Waals surface area contributed by atoms with Gasteiger partial charge in [-0.3, -0.25) is 13.8 Å². The van der Waals surface area contributed by atoms with E-state index in [0.29, 0.717) is 6.42 Å². The minimum Gasteiger partial charge on any atom is -0.393 e. The maximum atomic E-state index is 12.8. The van der Waals surface area contributed by atoms with E-state index in [1.54, 1.807) is 6.08 Å². The minimum absolute atomic E-state index is 0.0511. The summed E-state index contributed by atoms with van der Waals surface area (Å²) in [4.78, 5) is 22.7. The molecule has 52 heavy (non-hydrogen) atoms. The molecule has 0 heterocycles. The molecule has 0 radical (unpaired) electrons. The molecular weight excluding hydrogens is 675 g/mol. The fraction of sp³-hybridized carbons (Fsp3) is 0.929. The topological polar surface area (TPSA) is 151 Å². The summed E-state index contributed by atoms with van der Waals surface area (Å²) in [5, 5.41) is 24.0. The molecule has 0 aromatic rings. The first-order valence-electron chi connectivity index (χ1n) is 21.9.